The number of fused-ring (bicyclic) bond motifs is 1. The molecule has 0 bridgehead atoms. The molecule has 9 heteroatoms. The van der Waals surface area contributed by atoms with E-state index < -0.39 is 11.9 Å². The van der Waals surface area contributed by atoms with Gasteiger partial charge in [0.2, 0.25) is 10.9 Å². The molecule has 1 aromatic carbocycles. The van der Waals surface area contributed by atoms with Gasteiger partial charge in [0.05, 0.1) is 11.8 Å². The van der Waals surface area contributed by atoms with E-state index in [9.17, 15) is 9.59 Å². The van der Waals surface area contributed by atoms with Gasteiger partial charge in [-0.2, -0.15) is 15.1 Å². The highest BCUT2D eigenvalue weighted by atomic mass is 32.2. The summed E-state index contributed by atoms with van der Waals surface area (Å²) < 4.78 is 10.3. The number of aliphatic imine (C=N–C) groups is 1. The minimum absolute atomic E-state index is 0.00298. The molecular weight excluding hydrogens is 416 g/mol. The van der Waals surface area contributed by atoms with Crippen molar-refractivity contribution in [1.82, 2.24) is 5.01 Å². The van der Waals surface area contributed by atoms with E-state index in [1.807, 2.05) is 0 Å². The van der Waals surface area contributed by atoms with Crippen molar-refractivity contribution in [1.29, 1.82) is 5.41 Å². The van der Waals surface area contributed by atoms with Crippen molar-refractivity contribution in [3.05, 3.63) is 59.6 Å². The Morgan fingerprint density at radius 3 is 2.65 bits per heavy atom. The molecule has 0 aliphatic carbocycles. The topological polar surface area (TPSA) is 108 Å². The van der Waals surface area contributed by atoms with Crippen LogP contribution in [0, 0.1) is 11.3 Å². The molecule has 2 aliphatic rings. The number of hydrogen-bond acceptors (Lipinski definition) is 7. The monoisotopic (exact) mass is 436 g/mol. The summed E-state index contributed by atoms with van der Waals surface area (Å²) in [5.74, 6) is -0.345. The number of amides is 1. The predicted octanol–water partition coefficient (Wildman–Crippen LogP) is 4.55. The quantitative estimate of drug-likeness (QED) is 0.404. The number of nitrogens with zero attached hydrogens (tertiary/aromatic N) is 3. The lowest BCUT2D eigenvalue weighted by atomic mass is 10.1. The van der Waals surface area contributed by atoms with Crippen LogP contribution in [0.25, 0.3) is 6.08 Å². The Morgan fingerprint density at radius 2 is 2.00 bits per heavy atom. The molecule has 0 fully saturated rings. The summed E-state index contributed by atoms with van der Waals surface area (Å²) in [4.78, 5) is 28.6. The van der Waals surface area contributed by atoms with Gasteiger partial charge in [-0.3, -0.25) is 10.2 Å². The molecule has 2 aromatic rings. The van der Waals surface area contributed by atoms with E-state index in [4.69, 9.17) is 14.6 Å². The zero-order valence-corrected chi connectivity index (χ0v) is 17.8. The van der Waals surface area contributed by atoms with Crippen LogP contribution in [0.5, 0.6) is 5.75 Å². The molecule has 31 heavy (non-hydrogen) atoms. The average Bonchev–Trinajstić information content (AvgIpc) is 3.44. The lowest BCUT2D eigenvalue weighted by Crippen LogP contribution is -2.35. The summed E-state index contributed by atoms with van der Waals surface area (Å²) in [6.45, 7) is 4.18. The number of ether oxygens (including phenoxy) is 1. The third kappa shape index (κ3) is 4.22. The number of carbonyl (C=O) groups excluding carboxylic acids is 2. The number of nitrogens with one attached hydrogen (secondary N) is 1. The number of thioether (sulfide) groups is 1. The van der Waals surface area contributed by atoms with Crippen molar-refractivity contribution >= 4 is 45.8 Å². The molecule has 0 unspecified atom stereocenters. The number of benzene rings is 1. The fourth-order valence-corrected chi connectivity index (χ4v) is 4.32. The zero-order valence-electron chi connectivity index (χ0n) is 17.0. The van der Waals surface area contributed by atoms with Crippen LogP contribution in [0.2, 0.25) is 0 Å². The third-order valence-corrected chi connectivity index (χ3v) is 6.00. The second-order valence-electron chi connectivity index (χ2n) is 6.91. The number of esters is 1. The molecule has 1 aromatic heterocycles. The maximum absolute atomic E-state index is 12.5. The third-order valence-electron chi connectivity index (χ3n) is 4.93. The minimum Gasteiger partial charge on any atom is -0.457 e. The fourth-order valence-electron chi connectivity index (χ4n) is 3.16. The maximum atomic E-state index is 12.5. The number of furan rings is 1. The molecule has 158 valence electrons. The first kappa shape index (κ1) is 20.8. The van der Waals surface area contributed by atoms with Gasteiger partial charge in [-0.05, 0) is 60.5 Å². The van der Waals surface area contributed by atoms with Gasteiger partial charge in [0.15, 0.2) is 5.84 Å². The Hall–Kier alpha value is -3.46. The predicted molar refractivity (Wildman–Crippen MR) is 119 cm³/mol. The summed E-state index contributed by atoms with van der Waals surface area (Å²) in [5.41, 5.74) is 0.819. The number of hydrazone groups is 1. The number of rotatable bonds is 6. The van der Waals surface area contributed by atoms with E-state index in [-0.39, 0.29) is 23.1 Å². The van der Waals surface area contributed by atoms with E-state index in [1.54, 1.807) is 36.4 Å². The Morgan fingerprint density at radius 1 is 1.26 bits per heavy atom. The van der Waals surface area contributed by atoms with E-state index in [0.717, 1.165) is 17.9 Å². The van der Waals surface area contributed by atoms with E-state index in [0.29, 0.717) is 16.5 Å². The van der Waals surface area contributed by atoms with Crippen LogP contribution in [0.1, 0.15) is 42.8 Å². The van der Waals surface area contributed by atoms with Gasteiger partial charge in [-0.15, -0.1) is 0 Å². The molecule has 0 saturated heterocycles. The second kappa shape index (κ2) is 8.73. The summed E-state index contributed by atoms with van der Waals surface area (Å²) in [6.07, 6.45) is 4.85. The lowest BCUT2D eigenvalue weighted by molar-refractivity contribution is -0.114. The molecular formula is C22H20N4O4S. The van der Waals surface area contributed by atoms with Crippen LogP contribution in [-0.4, -0.2) is 32.9 Å². The summed E-state index contributed by atoms with van der Waals surface area (Å²) in [7, 11) is 0. The van der Waals surface area contributed by atoms with Crippen molar-refractivity contribution in [2.24, 2.45) is 16.0 Å². The number of amidine groups is 2. The first-order valence-corrected chi connectivity index (χ1v) is 10.7. The molecule has 1 N–H and O–H groups in total. The van der Waals surface area contributed by atoms with Gasteiger partial charge in [-0.25, -0.2) is 4.79 Å². The Kier molecular flexibility index (Phi) is 5.85. The van der Waals surface area contributed by atoms with Crippen LogP contribution in [0.3, 0.4) is 0 Å². The maximum Gasteiger partial charge on any atom is 0.379 e. The second-order valence-corrected chi connectivity index (χ2v) is 7.90. The molecule has 2 aliphatic heterocycles. The largest absolute Gasteiger partial charge is 0.457 e. The summed E-state index contributed by atoms with van der Waals surface area (Å²) in [6, 6.07) is 9.71. The van der Waals surface area contributed by atoms with Crippen LogP contribution < -0.4 is 4.74 Å². The lowest BCUT2D eigenvalue weighted by Gasteiger charge is -2.20. The average molecular weight is 436 g/mol. The first-order chi connectivity index (χ1) is 15.0. The van der Waals surface area contributed by atoms with Crippen LogP contribution in [-0.2, 0) is 4.79 Å². The standard InChI is InChI=1S/C22H20N4O4S/c1-3-14(4-2)20-25-26-18(23)16(19(27)24-22(26)31-20)12-13-7-9-15(10-8-13)30-21(28)17-6-5-11-29-17/h5-12,14,23H,3-4H2,1-2H3. The highest BCUT2D eigenvalue weighted by Gasteiger charge is 2.37. The molecule has 8 nitrogen and oxygen atoms in total. The number of hydrogen-bond donors (Lipinski definition) is 1. The van der Waals surface area contributed by atoms with Crippen LogP contribution >= 0.6 is 11.8 Å². The van der Waals surface area contributed by atoms with Crippen LogP contribution in [0.4, 0.5) is 0 Å². The molecule has 1 amide bonds. The van der Waals surface area contributed by atoms with Crippen molar-refractivity contribution in [3.8, 4) is 5.75 Å². The van der Waals surface area contributed by atoms with E-state index in [2.05, 4.69) is 23.9 Å². The van der Waals surface area contributed by atoms with Gasteiger partial charge < -0.3 is 9.15 Å². The van der Waals surface area contributed by atoms with Crippen molar-refractivity contribution in [2.75, 3.05) is 0 Å². The molecule has 0 atom stereocenters. The van der Waals surface area contributed by atoms with Gasteiger partial charge in [0.25, 0.3) is 5.91 Å². The van der Waals surface area contributed by atoms with Crippen LogP contribution in [0.15, 0.2) is 62.7 Å². The first-order valence-electron chi connectivity index (χ1n) is 9.86. The molecule has 0 spiro atoms. The zero-order chi connectivity index (χ0) is 22.0. The van der Waals surface area contributed by atoms with Gasteiger partial charge in [0.1, 0.15) is 10.8 Å². The molecule has 0 radical (unpaired) electrons. The SMILES string of the molecule is CCC(CC)C1=NN2C(=N)C(=Cc3ccc(OC(=O)c4ccco4)cc3)C(=O)N=C2S1. The molecule has 0 saturated carbocycles. The van der Waals surface area contributed by atoms with Crippen molar-refractivity contribution < 1.29 is 18.7 Å². The minimum atomic E-state index is -0.597. The van der Waals surface area contributed by atoms with Gasteiger partial charge in [0, 0.05) is 5.92 Å². The Labute approximate surface area is 183 Å². The summed E-state index contributed by atoms with van der Waals surface area (Å²) >= 11 is 1.36. The normalized spacial score (nSPS) is 17.1. The van der Waals surface area contributed by atoms with E-state index >= 15 is 0 Å². The molecule has 3 heterocycles. The fraction of sp³-hybridized carbons (Fsp3) is 0.227. The van der Waals surface area contributed by atoms with Crippen molar-refractivity contribution in [2.45, 2.75) is 26.7 Å². The van der Waals surface area contributed by atoms with Crippen molar-refractivity contribution in [3.63, 3.8) is 0 Å². The summed E-state index contributed by atoms with van der Waals surface area (Å²) in [5, 5.41) is 15.7. The number of carbonyl (C=O) groups is 2. The van der Waals surface area contributed by atoms with Gasteiger partial charge >= 0.3 is 5.97 Å². The Bertz CT molecular complexity index is 1110. The van der Waals surface area contributed by atoms with E-state index in [1.165, 1.54) is 29.1 Å². The molecule has 4 rings (SSSR count). The van der Waals surface area contributed by atoms with Gasteiger partial charge in [-0.1, -0.05) is 26.0 Å². The highest BCUT2D eigenvalue weighted by molar-refractivity contribution is 8.27. The Balaban J connectivity index is 1.52. The smallest absolute Gasteiger partial charge is 0.379 e. The highest BCUT2D eigenvalue weighted by Crippen LogP contribution is 2.33.